The summed E-state index contributed by atoms with van der Waals surface area (Å²) in [6.45, 7) is 3.23. The van der Waals surface area contributed by atoms with Crippen LogP contribution in [0.4, 0.5) is 0 Å². The maximum Gasteiger partial charge on any atom is 0.255 e. The van der Waals surface area contributed by atoms with E-state index in [9.17, 15) is 4.79 Å². The molecule has 114 valence electrons. The summed E-state index contributed by atoms with van der Waals surface area (Å²) < 4.78 is 5.81. The van der Waals surface area contributed by atoms with Crippen molar-refractivity contribution in [3.8, 4) is 5.88 Å². The zero-order chi connectivity index (χ0) is 15.4. The van der Waals surface area contributed by atoms with E-state index in [2.05, 4.69) is 15.0 Å². The lowest BCUT2D eigenvalue weighted by molar-refractivity contribution is 0.0586. The van der Waals surface area contributed by atoms with Gasteiger partial charge in [0.25, 0.3) is 5.91 Å². The fourth-order valence-electron chi connectivity index (χ4n) is 2.58. The van der Waals surface area contributed by atoms with Crippen LogP contribution in [0.2, 0.25) is 0 Å². The van der Waals surface area contributed by atoms with Crippen molar-refractivity contribution in [3.63, 3.8) is 0 Å². The molecule has 0 N–H and O–H groups in total. The largest absolute Gasteiger partial charge is 0.474 e. The molecule has 0 unspecified atom stereocenters. The lowest BCUT2D eigenvalue weighted by atomic mass is 10.1. The number of nitrogens with zero attached hydrogens (tertiary/aromatic N) is 4. The molecule has 1 saturated heterocycles. The van der Waals surface area contributed by atoms with E-state index in [4.69, 9.17) is 4.74 Å². The Kier molecular flexibility index (Phi) is 4.27. The molecule has 2 aromatic heterocycles. The zero-order valence-electron chi connectivity index (χ0n) is 12.5. The van der Waals surface area contributed by atoms with E-state index in [1.54, 1.807) is 24.5 Å². The molecule has 1 aliphatic rings. The van der Waals surface area contributed by atoms with E-state index in [-0.39, 0.29) is 12.0 Å². The molecule has 1 amide bonds. The van der Waals surface area contributed by atoms with Gasteiger partial charge in [-0.3, -0.25) is 9.78 Å². The van der Waals surface area contributed by atoms with Gasteiger partial charge in [-0.05, 0) is 19.1 Å². The van der Waals surface area contributed by atoms with Crippen LogP contribution in [0.1, 0.15) is 28.9 Å². The van der Waals surface area contributed by atoms with E-state index < -0.39 is 0 Å². The first-order valence-corrected chi connectivity index (χ1v) is 7.37. The van der Waals surface area contributed by atoms with Gasteiger partial charge in [-0.1, -0.05) is 0 Å². The van der Waals surface area contributed by atoms with E-state index in [1.165, 1.54) is 6.33 Å². The van der Waals surface area contributed by atoms with E-state index in [1.807, 2.05) is 17.9 Å². The number of piperidine rings is 1. The molecule has 6 nitrogen and oxygen atoms in total. The number of hydrogen-bond acceptors (Lipinski definition) is 5. The first-order chi connectivity index (χ1) is 10.7. The SMILES string of the molecule is Cc1ncccc1C(=O)N1CCC(Oc2ccncn2)CC1. The average Bonchev–Trinajstić information content (AvgIpc) is 2.56. The van der Waals surface area contributed by atoms with Gasteiger partial charge < -0.3 is 9.64 Å². The number of carbonyl (C=O) groups is 1. The smallest absolute Gasteiger partial charge is 0.255 e. The van der Waals surface area contributed by atoms with Gasteiger partial charge in [-0.15, -0.1) is 0 Å². The van der Waals surface area contributed by atoms with Crippen LogP contribution in [-0.4, -0.2) is 45.0 Å². The minimum absolute atomic E-state index is 0.0473. The molecular formula is C16H18N4O2. The summed E-state index contributed by atoms with van der Waals surface area (Å²) in [7, 11) is 0. The number of carbonyl (C=O) groups excluding carboxylic acids is 1. The number of ether oxygens (including phenoxy) is 1. The minimum atomic E-state index is 0.0473. The normalized spacial score (nSPS) is 15.6. The average molecular weight is 298 g/mol. The zero-order valence-corrected chi connectivity index (χ0v) is 12.5. The molecule has 0 atom stereocenters. The van der Waals surface area contributed by atoms with Gasteiger partial charge in [0, 0.05) is 50.1 Å². The maximum atomic E-state index is 12.5. The van der Waals surface area contributed by atoms with Gasteiger partial charge >= 0.3 is 0 Å². The topological polar surface area (TPSA) is 68.2 Å². The van der Waals surface area contributed by atoms with Gasteiger partial charge in [0.1, 0.15) is 12.4 Å². The summed E-state index contributed by atoms with van der Waals surface area (Å²) in [4.78, 5) is 26.5. The minimum Gasteiger partial charge on any atom is -0.474 e. The first-order valence-electron chi connectivity index (χ1n) is 7.37. The summed E-state index contributed by atoms with van der Waals surface area (Å²) in [5.74, 6) is 0.633. The molecule has 0 bridgehead atoms. The molecule has 0 aromatic carbocycles. The van der Waals surface area contributed by atoms with Crippen LogP contribution < -0.4 is 4.74 Å². The van der Waals surface area contributed by atoms with Gasteiger partial charge in [-0.2, -0.15) is 0 Å². The third-order valence-corrected chi connectivity index (χ3v) is 3.81. The van der Waals surface area contributed by atoms with Gasteiger partial charge in [0.2, 0.25) is 5.88 Å². The maximum absolute atomic E-state index is 12.5. The molecule has 1 fully saturated rings. The predicted molar refractivity (Wildman–Crippen MR) is 80.6 cm³/mol. The van der Waals surface area contributed by atoms with Gasteiger partial charge in [0.05, 0.1) is 5.56 Å². The van der Waals surface area contributed by atoms with Crippen molar-refractivity contribution in [1.29, 1.82) is 0 Å². The molecule has 0 radical (unpaired) electrons. The highest BCUT2D eigenvalue weighted by atomic mass is 16.5. The number of aryl methyl sites for hydroxylation is 1. The third-order valence-electron chi connectivity index (χ3n) is 3.81. The molecule has 0 saturated carbocycles. The Morgan fingerprint density at radius 3 is 2.73 bits per heavy atom. The summed E-state index contributed by atoms with van der Waals surface area (Å²) in [6.07, 6.45) is 6.53. The third kappa shape index (κ3) is 3.21. The summed E-state index contributed by atoms with van der Waals surface area (Å²) in [5, 5.41) is 0. The van der Waals surface area contributed by atoms with Crippen molar-refractivity contribution >= 4 is 5.91 Å². The Labute approximate surface area is 129 Å². The Bertz CT molecular complexity index is 640. The second kappa shape index (κ2) is 6.51. The van der Waals surface area contributed by atoms with E-state index in [0.717, 1.165) is 18.5 Å². The highest BCUT2D eigenvalue weighted by Gasteiger charge is 2.25. The number of hydrogen-bond donors (Lipinski definition) is 0. The lowest BCUT2D eigenvalue weighted by Gasteiger charge is -2.32. The first kappa shape index (κ1) is 14.4. The second-order valence-electron chi connectivity index (χ2n) is 5.29. The Morgan fingerprint density at radius 1 is 1.23 bits per heavy atom. The molecule has 6 heteroatoms. The van der Waals surface area contributed by atoms with Crippen LogP contribution in [0.5, 0.6) is 5.88 Å². The Morgan fingerprint density at radius 2 is 2.05 bits per heavy atom. The molecule has 1 aliphatic heterocycles. The van der Waals surface area contributed by atoms with Crippen molar-refractivity contribution in [2.24, 2.45) is 0 Å². The highest BCUT2D eigenvalue weighted by molar-refractivity contribution is 5.95. The van der Waals surface area contributed by atoms with Gasteiger partial charge in [0.15, 0.2) is 0 Å². The van der Waals surface area contributed by atoms with Gasteiger partial charge in [-0.25, -0.2) is 9.97 Å². The monoisotopic (exact) mass is 298 g/mol. The van der Waals surface area contributed by atoms with Crippen molar-refractivity contribution in [1.82, 2.24) is 19.9 Å². The number of pyridine rings is 1. The highest BCUT2D eigenvalue weighted by Crippen LogP contribution is 2.18. The van der Waals surface area contributed by atoms with Crippen LogP contribution in [0.25, 0.3) is 0 Å². The summed E-state index contributed by atoms with van der Waals surface area (Å²) >= 11 is 0. The fourth-order valence-corrected chi connectivity index (χ4v) is 2.58. The number of amides is 1. The molecule has 22 heavy (non-hydrogen) atoms. The second-order valence-corrected chi connectivity index (χ2v) is 5.29. The van der Waals surface area contributed by atoms with Crippen LogP contribution in [-0.2, 0) is 0 Å². The van der Waals surface area contributed by atoms with E-state index >= 15 is 0 Å². The number of rotatable bonds is 3. The lowest BCUT2D eigenvalue weighted by Crippen LogP contribution is -2.42. The van der Waals surface area contributed by atoms with Crippen molar-refractivity contribution < 1.29 is 9.53 Å². The Hall–Kier alpha value is -2.50. The van der Waals surface area contributed by atoms with Crippen molar-refractivity contribution in [3.05, 3.63) is 48.2 Å². The van der Waals surface area contributed by atoms with E-state index in [0.29, 0.717) is 24.5 Å². The van der Waals surface area contributed by atoms with Crippen LogP contribution >= 0.6 is 0 Å². The fraction of sp³-hybridized carbons (Fsp3) is 0.375. The summed E-state index contributed by atoms with van der Waals surface area (Å²) in [6, 6.07) is 5.37. The molecule has 0 spiro atoms. The van der Waals surface area contributed by atoms with Crippen molar-refractivity contribution in [2.45, 2.75) is 25.9 Å². The van der Waals surface area contributed by atoms with Crippen LogP contribution in [0.15, 0.2) is 36.9 Å². The van der Waals surface area contributed by atoms with Crippen LogP contribution in [0.3, 0.4) is 0 Å². The molecule has 3 rings (SSSR count). The number of aromatic nitrogens is 3. The van der Waals surface area contributed by atoms with Crippen LogP contribution in [0, 0.1) is 6.92 Å². The molecule has 2 aromatic rings. The predicted octanol–water partition coefficient (Wildman–Crippen LogP) is 1.86. The molecule has 0 aliphatic carbocycles. The quantitative estimate of drug-likeness (QED) is 0.865. The standard InChI is InChI=1S/C16H18N4O2/c1-12-14(3-2-7-18-12)16(21)20-9-5-13(6-10-20)22-15-4-8-17-11-19-15/h2-4,7-8,11,13H,5-6,9-10H2,1H3. The number of likely N-dealkylation sites (tertiary alicyclic amines) is 1. The molecule has 3 heterocycles. The Balaban J connectivity index is 1.58. The molecular weight excluding hydrogens is 280 g/mol. The van der Waals surface area contributed by atoms with Crippen molar-refractivity contribution in [2.75, 3.05) is 13.1 Å². The summed E-state index contributed by atoms with van der Waals surface area (Å²) in [5.41, 5.74) is 1.45.